The highest BCUT2D eigenvalue weighted by atomic mass is 14.9. The Morgan fingerprint density at radius 2 is 2.13 bits per heavy atom. The van der Waals surface area contributed by atoms with Crippen LogP contribution in [0, 0.1) is 0 Å². The van der Waals surface area contributed by atoms with Crippen LogP contribution in [-0.2, 0) is 6.42 Å². The third kappa shape index (κ3) is 1.67. The Kier molecular flexibility index (Phi) is 2.24. The molecule has 1 heterocycles. The summed E-state index contributed by atoms with van der Waals surface area (Å²) in [5, 5.41) is 3.38. The van der Waals surface area contributed by atoms with Crippen LogP contribution >= 0.6 is 0 Å². The molecule has 0 radical (unpaired) electrons. The van der Waals surface area contributed by atoms with Crippen molar-refractivity contribution in [1.82, 2.24) is 10.3 Å². The Hall–Kier alpha value is -0.890. The van der Waals surface area contributed by atoms with Crippen LogP contribution in [0.5, 0.6) is 0 Å². The van der Waals surface area contributed by atoms with E-state index in [0.29, 0.717) is 6.04 Å². The number of fused-ring (bicyclic) bond motifs is 1. The lowest BCUT2D eigenvalue weighted by Gasteiger charge is -2.24. The molecule has 1 atom stereocenters. The molecule has 3 rings (SSSR count). The van der Waals surface area contributed by atoms with Crippen molar-refractivity contribution in [2.75, 3.05) is 7.05 Å². The second kappa shape index (κ2) is 3.60. The van der Waals surface area contributed by atoms with Crippen molar-refractivity contribution in [3.63, 3.8) is 0 Å². The fourth-order valence-corrected chi connectivity index (χ4v) is 2.58. The van der Waals surface area contributed by atoms with E-state index in [2.05, 4.69) is 24.5 Å². The van der Waals surface area contributed by atoms with Crippen molar-refractivity contribution >= 4 is 0 Å². The Bertz CT molecular complexity index is 369. The van der Waals surface area contributed by atoms with Gasteiger partial charge in [-0.15, -0.1) is 0 Å². The average molecular weight is 202 g/mol. The molecular formula is C13H18N2. The van der Waals surface area contributed by atoms with Gasteiger partial charge in [0, 0.05) is 23.3 Å². The zero-order valence-corrected chi connectivity index (χ0v) is 9.29. The third-order valence-electron chi connectivity index (χ3n) is 3.66. The van der Waals surface area contributed by atoms with Crippen molar-refractivity contribution < 1.29 is 0 Å². The summed E-state index contributed by atoms with van der Waals surface area (Å²) in [7, 11) is 2.05. The van der Waals surface area contributed by atoms with E-state index >= 15 is 0 Å². The first kappa shape index (κ1) is 9.34. The summed E-state index contributed by atoms with van der Waals surface area (Å²) in [5.41, 5.74) is 4.13. The number of aromatic nitrogens is 1. The molecule has 2 nitrogen and oxygen atoms in total. The fourth-order valence-electron chi connectivity index (χ4n) is 2.58. The minimum absolute atomic E-state index is 0.537. The number of pyridine rings is 1. The van der Waals surface area contributed by atoms with Crippen LogP contribution < -0.4 is 5.32 Å². The van der Waals surface area contributed by atoms with Gasteiger partial charge in [0.1, 0.15) is 0 Å². The standard InChI is InChI=1S/C13H18N2/c1-14-12-3-2-4-13-10(12)7-8-11(15-13)9-5-6-9/h7-9,12,14H,2-6H2,1H3. The molecule has 0 bridgehead atoms. The van der Waals surface area contributed by atoms with Gasteiger partial charge in [-0.1, -0.05) is 6.07 Å². The number of hydrogen-bond donors (Lipinski definition) is 1. The van der Waals surface area contributed by atoms with Crippen molar-refractivity contribution in [3.8, 4) is 0 Å². The molecule has 2 heteroatoms. The van der Waals surface area contributed by atoms with E-state index in [1.165, 1.54) is 49.1 Å². The van der Waals surface area contributed by atoms with Gasteiger partial charge >= 0.3 is 0 Å². The van der Waals surface area contributed by atoms with E-state index in [1.54, 1.807) is 0 Å². The Morgan fingerprint density at radius 1 is 1.27 bits per heavy atom. The first-order valence-electron chi connectivity index (χ1n) is 6.05. The maximum atomic E-state index is 4.83. The Balaban J connectivity index is 1.96. The monoisotopic (exact) mass is 202 g/mol. The molecule has 0 aliphatic heterocycles. The molecule has 2 aliphatic rings. The molecule has 1 saturated carbocycles. The molecule has 2 aliphatic carbocycles. The second-order valence-electron chi connectivity index (χ2n) is 4.78. The predicted molar refractivity (Wildman–Crippen MR) is 61.0 cm³/mol. The zero-order chi connectivity index (χ0) is 10.3. The number of nitrogens with one attached hydrogen (secondary N) is 1. The summed E-state index contributed by atoms with van der Waals surface area (Å²) in [6, 6.07) is 5.08. The van der Waals surface area contributed by atoms with Crippen LogP contribution in [0.1, 0.15) is 54.6 Å². The molecule has 80 valence electrons. The van der Waals surface area contributed by atoms with Crippen molar-refractivity contribution in [3.05, 3.63) is 29.1 Å². The molecule has 0 spiro atoms. The number of aryl methyl sites for hydroxylation is 1. The highest BCUT2D eigenvalue weighted by Gasteiger charge is 2.27. The van der Waals surface area contributed by atoms with E-state index in [-0.39, 0.29) is 0 Å². The average Bonchev–Trinajstić information content (AvgIpc) is 3.11. The van der Waals surface area contributed by atoms with E-state index in [4.69, 9.17) is 4.98 Å². The highest BCUT2D eigenvalue weighted by Crippen LogP contribution is 2.40. The molecule has 0 amide bonds. The van der Waals surface area contributed by atoms with Crippen LogP contribution in [0.3, 0.4) is 0 Å². The predicted octanol–water partition coefficient (Wildman–Crippen LogP) is 2.56. The number of rotatable bonds is 2. The van der Waals surface area contributed by atoms with E-state index < -0.39 is 0 Å². The SMILES string of the molecule is CNC1CCCc2nc(C3CC3)ccc21. The molecule has 0 saturated heterocycles. The largest absolute Gasteiger partial charge is 0.313 e. The summed E-state index contributed by atoms with van der Waals surface area (Å²) in [4.78, 5) is 4.83. The minimum atomic E-state index is 0.537. The number of nitrogens with zero attached hydrogens (tertiary/aromatic N) is 1. The van der Waals surface area contributed by atoms with Gasteiger partial charge in [0.15, 0.2) is 0 Å². The number of hydrogen-bond acceptors (Lipinski definition) is 2. The van der Waals surface area contributed by atoms with Gasteiger partial charge in [-0.25, -0.2) is 0 Å². The summed E-state index contributed by atoms with van der Waals surface area (Å²) in [6.07, 6.45) is 6.41. The lowest BCUT2D eigenvalue weighted by molar-refractivity contribution is 0.489. The maximum absolute atomic E-state index is 4.83. The molecule has 1 aromatic heterocycles. The quantitative estimate of drug-likeness (QED) is 0.797. The Morgan fingerprint density at radius 3 is 2.87 bits per heavy atom. The van der Waals surface area contributed by atoms with Gasteiger partial charge in [0.2, 0.25) is 0 Å². The zero-order valence-electron chi connectivity index (χ0n) is 9.29. The lowest BCUT2D eigenvalue weighted by Crippen LogP contribution is -2.22. The van der Waals surface area contributed by atoms with Gasteiger partial charge in [0.05, 0.1) is 0 Å². The minimum Gasteiger partial charge on any atom is -0.313 e. The molecule has 0 aromatic carbocycles. The fraction of sp³-hybridized carbons (Fsp3) is 0.615. The summed E-state index contributed by atoms with van der Waals surface area (Å²) in [6.45, 7) is 0. The van der Waals surface area contributed by atoms with Crippen LogP contribution in [0.4, 0.5) is 0 Å². The molecule has 1 N–H and O–H groups in total. The van der Waals surface area contributed by atoms with Crippen LogP contribution in [-0.4, -0.2) is 12.0 Å². The van der Waals surface area contributed by atoms with E-state index in [0.717, 1.165) is 5.92 Å². The summed E-state index contributed by atoms with van der Waals surface area (Å²) in [5.74, 6) is 0.783. The maximum Gasteiger partial charge on any atom is 0.0454 e. The molecule has 1 fully saturated rings. The van der Waals surface area contributed by atoms with Gasteiger partial charge in [-0.2, -0.15) is 0 Å². The van der Waals surface area contributed by atoms with Gasteiger partial charge < -0.3 is 5.32 Å². The molecule has 15 heavy (non-hydrogen) atoms. The first-order chi connectivity index (χ1) is 7.38. The third-order valence-corrected chi connectivity index (χ3v) is 3.66. The van der Waals surface area contributed by atoms with Crippen molar-refractivity contribution in [1.29, 1.82) is 0 Å². The van der Waals surface area contributed by atoms with E-state index in [1.807, 2.05) is 0 Å². The van der Waals surface area contributed by atoms with E-state index in [9.17, 15) is 0 Å². The molecule has 1 unspecified atom stereocenters. The highest BCUT2D eigenvalue weighted by molar-refractivity contribution is 5.30. The van der Waals surface area contributed by atoms with Gasteiger partial charge in [0.25, 0.3) is 0 Å². The van der Waals surface area contributed by atoms with Crippen LogP contribution in [0.2, 0.25) is 0 Å². The van der Waals surface area contributed by atoms with Crippen LogP contribution in [0.15, 0.2) is 12.1 Å². The van der Waals surface area contributed by atoms with Gasteiger partial charge in [-0.05, 0) is 50.8 Å². The molecular weight excluding hydrogens is 184 g/mol. The summed E-state index contributed by atoms with van der Waals surface area (Å²) >= 11 is 0. The smallest absolute Gasteiger partial charge is 0.0454 e. The van der Waals surface area contributed by atoms with Crippen molar-refractivity contribution in [2.24, 2.45) is 0 Å². The topological polar surface area (TPSA) is 24.9 Å². The second-order valence-corrected chi connectivity index (χ2v) is 4.78. The lowest BCUT2D eigenvalue weighted by atomic mass is 9.91. The van der Waals surface area contributed by atoms with Gasteiger partial charge in [-0.3, -0.25) is 4.98 Å². The van der Waals surface area contributed by atoms with Crippen LogP contribution in [0.25, 0.3) is 0 Å². The molecule has 1 aromatic rings. The Labute approximate surface area is 91.1 Å². The normalized spacial score (nSPS) is 25.0. The summed E-state index contributed by atoms with van der Waals surface area (Å²) < 4.78 is 0. The first-order valence-corrected chi connectivity index (χ1v) is 6.05. The van der Waals surface area contributed by atoms with Crippen molar-refractivity contribution in [2.45, 2.75) is 44.1 Å².